The fourth-order valence-corrected chi connectivity index (χ4v) is 4.35. The molecule has 3 rings (SSSR count). The molecule has 0 bridgehead atoms. The van der Waals surface area contributed by atoms with Gasteiger partial charge in [0, 0.05) is 37.5 Å². The van der Waals surface area contributed by atoms with Gasteiger partial charge in [0.15, 0.2) is 0 Å². The number of thioether (sulfide) groups is 1. The monoisotopic (exact) mass is 347 g/mol. The fraction of sp³-hybridized carbons (Fsp3) is 0.556. The smallest absolute Gasteiger partial charge is 0.255 e. The molecule has 24 heavy (non-hydrogen) atoms. The van der Waals surface area contributed by atoms with Gasteiger partial charge in [0.1, 0.15) is 6.04 Å². The summed E-state index contributed by atoms with van der Waals surface area (Å²) in [4.78, 5) is 31.7. The van der Waals surface area contributed by atoms with E-state index >= 15 is 0 Å². The second kappa shape index (κ2) is 7.57. The van der Waals surface area contributed by atoms with E-state index in [0.717, 1.165) is 38.3 Å². The first kappa shape index (κ1) is 17.3. The number of benzene rings is 1. The predicted octanol–water partition coefficient (Wildman–Crippen LogP) is 1.67. The number of aryl methyl sites for hydroxylation is 1. The summed E-state index contributed by atoms with van der Waals surface area (Å²) in [5, 5.41) is 0. The Morgan fingerprint density at radius 3 is 2.42 bits per heavy atom. The second-order valence-electron chi connectivity index (χ2n) is 6.42. The lowest BCUT2D eigenvalue weighted by molar-refractivity contribution is -0.136. The van der Waals surface area contributed by atoms with E-state index in [0.29, 0.717) is 17.2 Å². The van der Waals surface area contributed by atoms with E-state index in [1.807, 2.05) is 36.1 Å². The normalized spacial score (nSPS) is 22.0. The summed E-state index contributed by atoms with van der Waals surface area (Å²) in [6.07, 6.45) is 0. The minimum absolute atomic E-state index is 0.0365. The Balaban J connectivity index is 1.67. The van der Waals surface area contributed by atoms with Crippen molar-refractivity contribution in [1.29, 1.82) is 0 Å². The van der Waals surface area contributed by atoms with E-state index < -0.39 is 0 Å². The summed E-state index contributed by atoms with van der Waals surface area (Å²) in [6.45, 7) is 8.55. The molecule has 0 radical (unpaired) electrons. The van der Waals surface area contributed by atoms with Crippen molar-refractivity contribution in [1.82, 2.24) is 14.7 Å². The number of rotatable bonds is 3. The summed E-state index contributed by atoms with van der Waals surface area (Å²) >= 11 is 1.66. The van der Waals surface area contributed by atoms with Gasteiger partial charge >= 0.3 is 0 Å². The molecule has 0 spiro atoms. The molecule has 2 saturated heterocycles. The first-order valence-corrected chi connectivity index (χ1v) is 9.72. The van der Waals surface area contributed by atoms with E-state index in [1.54, 1.807) is 16.7 Å². The van der Waals surface area contributed by atoms with Gasteiger partial charge < -0.3 is 14.7 Å². The van der Waals surface area contributed by atoms with Crippen molar-refractivity contribution in [2.45, 2.75) is 19.9 Å². The molecule has 1 aromatic rings. The van der Waals surface area contributed by atoms with Crippen LogP contribution in [-0.2, 0) is 4.79 Å². The first-order chi connectivity index (χ1) is 11.6. The third-order valence-corrected chi connectivity index (χ3v) is 5.87. The number of carbonyl (C=O) groups is 2. The third kappa shape index (κ3) is 3.59. The molecule has 1 atom stereocenters. The van der Waals surface area contributed by atoms with Crippen LogP contribution in [-0.4, -0.2) is 76.9 Å². The van der Waals surface area contributed by atoms with Gasteiger partial charge in [-0.3, -0.25) is 9.59 Å². The van der Waals surface area contributed by atoms with Gasteiger partial charge in [-0.05, 0) is 25.6 Å². The highest BCUT2D eigenvalue weighted by atomic mass is 32.2. The van der Waals surface area contributed by atoms with Crippen LogP contribution in [0.3, 0.4) is 0 Å². The van der Waals surface area contributed by atoms with Crippen molar-refractivity contribution < 1.29 is 9.59 Å². The summed E-state index contributed by atoms with van der Waals surface area (Å²) in [7, 11) is 0. The summed E-state index contributed by atoms with van der Waals surface area (Å²) in [5.41, 5.74) is 1.79. The molecule has 2 amide bonds. The Hall–Kier alpha value is -1.53. The minimum Gasteiger partial charge on any atom is -0.338 e. The summed E-state index contributed by atoms with van der Waals surface area (Å²) in [5.74, 6) is 1.37. The maximum Gasteiger partial charge on any atom is 0.255 e. The molecule has 1 aromatic carbocycles. The van der Waals surface area contributed by atoms with Crippen LogP contribution in [0.4, 0.5) is 0 Å². The molecule has 2 aliphatic rings. The molecule has 0 N–H and O–H groups in total. The first-order valence-electron chi connectivity index (χ1n) is 8.56. The zero-order valence-corrected chi connectivity index (χ0v) is 15.2. The van der Waals surface area contributed by atoms with Crippen LogP contribution in [0.2, 0.25) is 0 Å². The molecule has 0 saturated carbocycles. The van der Waals surface area contributed by atoms with Crippen molar-refractivity contribution in [3.8, 4) is 0 Å². The Bertz CT molecular complexity index is 597. The Kier molecular flexibility index (Phi) is 5.46. The molecule has 5 nitrogen and oxygen atoms in total. The van der Waals surface area contributed by atoms with Crippen molar-refractivity contribution in [2.75, 3.05) is 44.4 Å². The topological polar surface area (TPSA) is 43.9 Å². The number of hydrogen-bond donors (Lipinski definition) is 0. The zero-order chi connectivity index (χ0) is 17.1. The average Bonchev–Trinajstić information content (AvgIpc) is 3.11. The maximum atomic E-state index is 12.9. The molecule has 0 aliphatic carbocycles. The molecule has 2 heterocycles. The minimum atomic E-state index is -0.322. The second-order valence-corrected chi connectivity index (χ2v) is 7.42. The number of nitrogens with zero attached hydrogens (tertiary/aromatic N) is 3. The lowest BCUT2D eigenvalue weighted by Crippen LogP contribution is -2.55. The van der Waals surface area contributed by atoms with Gasteiger partial charge in [-0.1, -0.05) is 24.6 Å². The quantitative estimate of drug-likeness (QED) is 0.834. The molecular formula is C18H25N3O2S. The number of piperazine rings is 1. The van der Waals surface area contributed by atoms with Crippen LogP contribution in [0, 0.1) is 6.92 Å². The largest absolute Gasteiger partial charge is 0.338 e. The molecule has 2 aliphatic heterocycles. The van der Waals surface area contributed by atoms with Crippen LogP contribution < -0.4 is 0 Å². The standard InChI is InChI=1S/C18H25N3O2S/c1-3-19-8-10-20(11-9-19)18(23)16-12-24-13-21(16)17(22)15-6-4-14(2)5-7-15/h4-7,16H,3,8-13H2,1-2H3. The summed E-state index contributed by atoms with van der Waals surface area (Å²) in [6, 6.07) is 7.26. The van der Waals surface area contributed by atoms with Crippen LogP contribution in [0.1, 0.15) is 22.8 Å². The van der Waals surface area contributed by atoms with Crippen LogP contribution in [0.5, 0.6) is 0 Å². The predicted molar refractivity (Wildman–Crippen MR) is 97.2 cm³/mol. The van der Waals surface area contributed by atoms with Crippen molar-refractivity contribution in [2.24, 2.45) is 0 Å². The number of amides is 2. The number of carbonyl (C=O) groups excluding carboxylic acids is 2. The van der Waals surface area contributed by atoms with Gasteiger partial charge in [-0.2, -0.15) is 0 Å². The Morgan fingerprint density at radius 1 is 1.12 bits per heavy atom. The highest BCUT2D eigenvalue weighted by Crippen LogP contribution is 2.25. The zero-order valence-electron chi connectivity index (χ0n) is 14.4. The van der Waals surface area contributed by atoms with Gasteiger partial charge in [-0.15, -0.1) is 11.8 Å². The fourth-order valence-electron chi connectivity index (χ4n) is 3.20. The van der Waals surface area contributed by atoms with E-state index in [-0.39, 0.29) is 17.9 Å². The van der Waals surface area contributed by atoms with Gasteiger partial charge in [0.2, 0.25) is 5.91 Å². The number of likely N-dealkylation sites (N-methyl/N-ethyl adjacent to an activating group) is 1. The van der Waals surface area contributed by atoms with E-state index in [2.05, 4.69) is 11.8 Å². The highest BCUT2D eigenvalue weighted by molar-refractivity contribution is 7.99. The number of hydrogen-bond acceptors (Lipinski definition) is 4. The molecule has 0 aromatic heterocycles. The van der Waals surface area contributed by atoms with Crippen LogP contribution in [0.25, 0.3) is 0 Å². The van der Waals surface area contributed by atoms with Crippen molar-refractivity contribution in [3.63, 3.8) is 0 Å². The van der Waals surface area contributed by atoms with E-state index in [9.17, 15) is 9.59 Å². The molecular weight excluding hydrogens is 322 g/mol. The lowest BCUT2D eigenvalue weighted by Gasteiger charge is -2.36. The van der Waals surface area contributed by atoms with E-state index in [1.165, 1.54) is 0 Å². The van der Waals surface area contributed by atoms with Gasteiger partial charge in [0.05, 0.1) is 5.88 Å². The molecule has 6 heteroatoms. The van der Waals surface area contributed by atoms with Crippen molar-refractivity contribution >= 4 is 23.6 Å². The Morgan fingerprint density at radius 2 is 1.79 bits per heavy atom. The van der Waals surface area contributed by atoms with Gasteiger partial charge in [-0.25, -0.2) is 0 Å². The molecule has 2 fully saturated rings. The average molecular weight is 347 g/mol. The van der Waals surface area contributed by atoms with Crippen LogP contribution >= 0.6 is 11.8 Å². The van der Waals surface area contributed by atoms with E-state index in [4.69, 9.17) is 0 Å². The highest BCUT2D eigenvalue weighted by Gasteiger charge is 2.38. The van der Waals surface area contributed by atoms with Crippen LogP contribution in [0.15, 0.2) is 24.3 Å². The summed E-state index contributed by atoms with van der Waals surface area (Å²) < 4.78 is 0. The lowest BCUT2D eigenvalue weighted by atomic mass is 10.1. The maximum absolute atomic E-state index is 12.9. The molecule has 1 unspecified atom stereocenters. The molecule has 130 valence electrons. The SMILES string of the molecule is CCN1CCN(C(=O)C2CSCN2C(=O)c2ccc(C)cc2)CC1. The van der Waals surface area contributed by atoms with Gasteiger partial charge in [0.25, 0.3) is 5.91 Å². The Labute approximate surface area is 148 Å². The van der Waals surface area contributed by atoms with Crippen molar-refractivity contribution in [3.05, 3.63) is 35.4 Å². The third-order valence-electron chi connectivity index (χ3n) is 4.86.